The van der Waals surface area contributed by atoms with Gasteiger partial charge in [-0.15, -0.1) is 0 Å². The number of amides is 2. The van der Waals surface area contributed by atoms with Crippen LogP contribution < -0.4 is 5.73 Å². The van der Waals surface area contributed by atoms with E-state index in [0.29, 0.717) is 25.0 Å². The van der Waals surface area contributed by atoms with Gasteiger partial charge in [0, 0.05) is 31.6 Å². The van der Waals surface area contributed by atoms with Crippen LogP contribution in [0.3, 0.4) is 0 Å². The van der Waals surface area contributed by atoms with Crippen LogP contribution in [-0.4, -0.2) is 54.3 Å². The van der Waals surface area contributed by atoms with E-state index in [-0.39, 0.29) is 0 Å². The van der Waals surface area contributed by atoms with Crippen LogP contribution in [0.4, 0.5) is 0 Å². The average Bonchev–Trinajstić information content (AvgIpc) is 2.41. The van der Waals surface area contributed by atoms with Crippen molar-refractivity contribution in [2.24, 2.45) is 11.7 Å². The number of carbonyl (C=O) groups is 2. The summed E-state index contributed by atoms with van der Waals surface area (Å²) >= 11 is 0. The van der Waals surface area contributed by atoms with E-state index in [9.17, 15) is 9.59 Å². The number of likely N-dealkylation sites (tertiary alicyclic amines) is 2. The molecule has 0 aromatic heterocycles. The summed E-state index contributed by atoms with van der Waals surface area (Å²) in [6, 6.07) is 0.447. The highest BCUT2D eigenvalue weighted by molar-refractivity contribution is 6.34. The maximum absolute atomic E-state index is 11.2. The third-order valence-corrected chi connectivity index (χ3v) is 2.99. The molecule has 2 atom stereocenters. The van der Waals surface area contributed by atoms with Gasteiger partial charge < -0.3 is 15.5 Å². The number of hydrogen-bond donors (Lipinski definition) is 1. The summed E-state index contributed by atoms with van der Waals surface area (Å²) in [5.41, 5.74) is 4.92. The molecule has 0 radical (unpaired) electrons. The van der Waals surface area contributed by atoms with Crippen molar-refractivity contribution in [2.75, 3.05) is 26.7 Å². The van der Waals surface area contributed by atoms with Crippen LogP contribution >= 0.6 is 0 Å². The van der Waals surface area contributed by atoms with E-state index in [2.05, 4.69) is 4.90 Å². The van der Waals surface area contributed by atoms with Gasteiger partial charge in [0.15, 0.2) is 0 Å². The van der Waals surface area contributed by atoms with Gasteiger partial charge in [-0.25, -0.2) is 0 Å². The quantitative estimate of drug-likeness (QED) is 0.453. The maximum Gasteiger partial charge on any atom is 0.311 e. The Labute approximate surface area is 76.5 Å². The van der Waals surface area contributed by atoms with Gasteiger partial charge in [0.1, 0.15) is 0 Å². The van der Waals surface area contributed by atoms with Gasteiger partial charge in [-0.2, -0.15) is 0 Å². The SMILES string of the molecule is CN1CC2CN(C(=O)C(N)=O)CC21. The number of fused-ring (bicyclic) bond motifs is 1. The van der Waals surface area contributed by atoms with Crippen molar-refractivity contribution in [3.8, 4) is 0 Å². The molecule has 2 N–H and O–H groups in total. The van der Waals surface area contributed by atoms with Gasteiger partial charge in [0.2, 0.25) is 0 Å². The van der Waals surface area contributed by atoms with Crippen molar-refractivity contribution in [1.29, 1.82) is 0 Å². The Morgan fingerprint density at radius 1 is 1.31 bits per heavy atom. The van der Waals surface area contributed by atoms with E-state index < -0.39 is 11.8 Å². The zero-order valence-electron chi connectivity index (χ0n) is 7.56. The minimum Gasteiger partial charge on any atom is -0.361 e. The Morgan fingerprint density at radius 2 is 2.00 bits per heavy atom. The number of nitrogens with zero attached hydrogens (tertiary/aromatic N) is 2. The van der Waals surface area contributed by atoms with Crippen molar-refractivity contribution in [3.63, 3.8) is 0 Å². The lowest BCUT2D eigenvalue weighted by atomic mass is 9.93. The Kier molecular flexibility index (Phi) is 1.76. The van der Waals surface area contributed by atoms with Crippen molar-refractivity contribution in [2.45, 2.75) is 6.04 Å². The van der Waals surface area contributed by atoms with E-state index in [1.165, 1.54) is 0 Å². The lowest BCUT2D eigenvalue weighted by molar-refractivity contribution is -0.143. The zero-order chi connectivity index (χ0) is 9.59. The summed E-state index contributed by atoms with van der Waals surface area (Å²) in [6.45, 7) is 2.37. The summed E-state index contributed by atoms with van der Waals surface area (Å²) in [6.07, 6.45) is 0. The Bertz CT molecular complexity index is 266. The first-order valence-corrected chi connectivity index (χ1v) is 4.38. The largest absolute Gasteiger partial charge is 0.361 e. The first-order chi connectivity index (χ1) is 6.09. The molecule has 2 fully saturated rings. The summed E-state index contributed by atoms with van der Waals surface area (Å²) in [5.74, 6) is -0.833. The van der Waals surface area contributed by atoms with Crippen molar-refractivity contribution in [3.05, 3.63) is 0 Å². The van der Waals surface area contributed by atoms with Crippen LogP contribution in [0.1, 0.15) is 0 Å². The molecule has 2 rings (SSSR count). The fraction of sp³-hybridized carbons (Fsp3) is 0.750. The van der Waals surface area contributed by atoms with Crippen molar-refractivity contribution < 1.29 is 9.59 Å². The lowest BCUT2D eigenvalue weighted by Gasteiger charge is -2.40. The van der Waals surface area contributed by atoms with Crippen LogP contribution in [0.25, 0.3) is 0 Å². The smallest absolute Gasteiger partial charge is 0.311 e. The summed E-state index contributed by atoms with van der Waals surface area (Å²) < 4.78 is 0. The highest BCUT2D eigenvalue weighted by Gasteiger charge is 2.45. The van der Waals surface area contributed by atoms with E-state index in [1.54, 1.807) is 4.90 Å². The molecular weight excluding hydrogens is 170 g/mol. The fourth-order valence-electron chi connectivity index (χ4n) is 2.22. The van der Waals surface area contributed by atoms with Gasteiger partial charge in [-0.1, -0.05) is 0 Å². The highest BCUT2D eigenvalue weighted by atomic mass is 16.2. The molecule has 2 heterocycles. The van der Waals surface area contributed by atoms with Gasteiger partial charge in [-0.05, 0) is 7.05 Å². The predicted octanol–water partition coefficient (Wildman–Crippen LogP) is -1.76. The maximum atomic E-state index is 11.2. The van der Waals surface area contributed by atoms with Crippen LogP contribution in [0.5, 0.6) is 0 Å². The lowest BCUT2D eigenvalue weighted by Crippen LogP contribution is -2.52. The molecule has 2 unspecified atom stereocenters. The first kappa shape index (κ1) is 8.50. The molecule has 0 saturated carbocycles. The molecule has 0 bridgehead atoms. The highest BCUT2D eigenvalue weighted by Crippen LogP contribution is 2.30. The third kappa shape index (κ3) is 1.19. The molecule has 0 aliphatic carbocycles. The van der Waals surface area contributed by atoms with Gasteiger partial charge in [-0.3, -0.25) is 9.59 Å². The number of nitrogens with two attached hydrogens (primary N) is 1. The van der Waals surface area contributed by atoms with Gasteiger partial charge >= 0.3 is 11.8 Å². The predicted molar refractivity (Wildman–Crippen MR) is 45.7 cm³/mol. The fourth-order valence-corrected chi connectivity index (χ4v) is 2.22. The molecule has 72 valence electrons. The average molecular weight is 183 g/mol. The Morgan fingerprint density at radius 3 is 2.46 bits per heavy atom. The molecule has 0 aromatic rings. The monoisotopic (exact) mass is 183 g/mol. The minimum absolute atomic E-state index is 0.447. The van der Waals surface area contributed by atoms with Crippen LogP contribution in [-0.2, 0) is 9.59 Å². The topological polar surface area (TPSA) is 66.6 Å². The van der Waals surface area contributed by atoms with Crippen molar-refractivity contribution >= 4 is 11.8 Å². The van der Waals surface area contributed by atoms with Crippen LogP contribution in [0.15, 0.2) is 0 Å². The molecule has 5 heteroatoms. The third-order valence-electron chi connectivity index (χ3n) is 2.99. The molecular formula is C8H13N3O2. The molecule has 0 aromatic carbocycles. The normalized spacial score (nSPS) is 32.5. The first-order valence-electron chi connectivity index (χ1n) is 4.38. The van der Waals surface area contributed by atoms with Gasteiger partial charge in [0.25, 0.3) is 0 Å². The van der Waals surface area contributed by atoms with Crippen molar-refractivity contribution in [1.82, 2.24) is 9.80 Å². The molecule has 13 heavy (non-hydrogen) atoms. The second kappa shape index (κ2) is 2.70. The molecule has 0 spiro atoms. The van der Waals surface area contributed by atoms with Crippen LogP contribution in [0, 0.1) is 5.92 Å². The molecule has 2 aliphatic heterocycles. The number of primary amides is 1. The Balaban J connectivity index is 1.99. The molecule has 2 aliphatic rings. The summed E-state index contributed by atoms with van der Waals surface area (Å²) in [4.78, 5) is 25.6. The van der Waals surface area contributed by atoms with E-state index in [0.717, 1.165) is 6.54 Å². The van der Waals surface area contributed by atoms with E-state index in [4.69, 9.17) is 5.73 Å². The van der Waals surface area contributed by atoms with E-state index in [1.807, 2.05) is 7.05 Å². The minimum atomic E-state index is -0.844. The molecule has 5 nitrogen and oxygen atoms in total. The number of hydrogen-bond acceptors (Lipinski definition) is 3. The number of rotatable bonds is 0. The number of likely N-dealkylation sites (N-methyl/N-ethyl adjacent to an activating group) is 1. The number of carbonyl (C=O) groups excluding carboxylic acids is 2. The van der Waals surface area contributed by atoms with E-state index >= 15 is 0 Å². The molecule has 2 saturated heterocycles. The summed E-state index contributed by atoms with van der Waals surface area (Å²) in [7, 11) is 2.03. The second-order valence-electron chi connectivity index (χ2n) is 3.84. The standard InChI is InChI=1S/C8H13N3O2/c1-10-2-5-3-11(4-6(5)10)8(13)7(9)12/h5-6H,2-4H2,1H3,(H2,9,12). The second-order valence-corrected chi connectivity index (χ2v) is 3.84. The molecule has 2 amide bonds. The van der Waals surface area contributed by atoms with Gasteiger partial charge in [0.05, 0.1) is 0 Å². The Hall–Kier alpha value is -1.10. The zero-order valence-corrected chi connectivity index (χ0v) is 7.56. The van der Waals surface area contributed by atoms with Crippen LogP contribution in [0.2, 0.25) is 0 Å². The summed E-state index contributed by atoms with van der Waals surface area (Å²) in [5, 5.41) is 0.